The second kappa shape index (κ2) is 13.3. The van der Waals surface area contributed by atoms with Crippen LogP contribution in [0.5, 0.6) is 0 Å². The van der Waals surface area contributed by atoms with E-state index >= 15 is 0 Å². The summed E-state index contributed by atoms with van der Waals surface area (Å²) in [6, 6.07) is 0.287. The number of carbonyl (C=O) groups is 2. The Hall–Kier alpha value is -1.72. The van der Waals surface area contributed by atoms with Crippen LogP contribution in [0.1, 0.15) is 96.3 Å². The normalized spacial score (nSPS) is 32.8. The predicted octanol–water partition coefficient (Wildman–Crippen LogP) is 6.74. The molecule has 5 atom stereocenters. The Morgan fingerprint density at radius 3 is 2.05 bits per heavy atom. The van der Waals surface area contributed by atoms with Crippen LogP contribution in [0, 0.1) is 23.7 Å². The van der Waals surface area contributed by atoms with Crippen molar-refractivity contribution in [3.05, 3.63) is 0 Å². The van der Waals surface area contributed by atoms with E-state index in [9.17, 15) is 35.9 Å². The van der Waals surface area contributed by atoms with E-state index in [-0.39, 0.29) is 67.8 Å². The number of nitrogens with zero attached hydrogens (tertiary/aromatic N) is 3. The average molecular weight is 623 g/mol. The number of carbonyl (C=O) groups excluding carboxylic acids is 2. The van der Waals surface area contributed by atoms with Crippen LogP contribution >= 0.6 is 0 Å². The zero-order valence-electron chi connectivity index (χ0n) is 25.3. The summed E-state index contributed by atoms with van der Waals surface area (Å²) in [6.45, 7) is 1.53. The van der Waals surface area contributed by atoms with Gasteiger partial charge in [0.15, 0.2) is 0 Å². The number of hydrogen-bond donors (Lipinski definition) is 1. The third-order valence-electron chi connectivity index (χ3n) is 11.2. The Labute approximate surface area is 251 Å². The van der Waals surface area contributed by atoms with Gasteiger partial charge < -0.3 is 15.1 Å². The molecule has 6 nitrogen and oxygen atoms in total. The van der Waals surface area contributed by atoms with Gasteiger partial charge in [0, 0.05) is 32.7 Å². The molecule has 0 aromatic rings. The van der Waals surface area contributed by atoms with Gasteiger partial charge in [0.1, 0.15) is 0 Å². The fraction of sp³-hybridized carbons (Fsp3) is 0.935. The maximum absolute atomic E-state index is 14.0. The van der Waals surface area contributed by atoms with Crippen molar-refractivity contribution in [3.63, 3.8) is 0 Å². The molecule has 3 aliphatic carbocycles. The van der Waals surface area contributed by atoms with Gasteiger partial charge in [-0.15, -0.1) is 0 Å². The van der Waals surface area contributed by atoms with Gasteiger partial charge in [-0.2, -0.15) is 26.3 Å². The van der Waals surface area contributed by atoms with Crippen LogP contribution in [-0.4, -0.2) is 89.8 Å². The fourth-order valence-electron chi connectivity index (χ4n) is 8.90. The van der Waals surface area contributed by atoms with Gasteiger partial charge in [-0.25, -0.2) is 4.79 Å². The first-order valence-corrected chi connectivity index (χ1v) is 16.5. The highest BCUT2D eigenvalue weighted by Crippen LogP contribution is 2.48. The summed E-state index contributed by atoms with van der Waals surface area (Å²) in [4.78, 5) is 32.7. The summed E-state index contributed by atoms with van der Waals surface area (Å²) in [5.41, 5.74) is 0. The van der Waals surface area contributed by atoms with Crippen molar-refractivity contribution in [2.45, 2.75) is 133 Å². The van der Waals surface area contributed by atoms with Crippen LogP contribution < -0.4 is 5.32 Å². The Morgan fingerprint density at radius 1 is 0.860 bits per heavy atom. The molecule has 2 heterocycles. The standard InChI is InChI=1S/C31H48F6N4O2/c1-39(14-11-20-17-22(30(32,33)34)19-23(18-20)31(35,36)37)28(42)27(21-7-3-2-4-8-21)40-15-12-24(13-16-40)41-26-10-6-5-9-25(26)38-29(41)43/h20-27H,2-19H2,1H3,(H,38,43). The molecule has 5 rings (SSSR count). The van der Waals surface area contributed by atoms with Crippen LogP contribution in [0.25, 0.3) is 0 Å². The van der Waals surface area contributed by atoms with Crippen molar-refractivity contribution < 1.29 is 35.9 Å². The molecule has 246 valence electrons. The van der Waals surface area contributed by atoms with E-state index in [1.807, 2.05) is 0 Å². The molecule has 5 fully saturated rings. The molecule has 1 N–H and O–H groups in total. The molecule has 12 heteroatoms. The van der Waals surface area contributed by atoms with E-state index in [1.165, 1.54) is 0 Å². The summed E-state index contributed by atoms with van der Waals surface area (Å²) in [6.07, 6.45) is 0.261. The van der Waals surface area contributed by atoms with E-state index in [0.29, 0.717) is 13.1 Å². The number of amides is 3. The SMILES string of the molecule is CN(CCC1CC(C(F)(F)F)CC(C(F)(F)F)C1)C(=O)C(C1CCCCC1)N1CCC(N2C(=O)NC3CCCCC32)CC1. The highest BCUT2D eigenvalue weighted by Gasteiger charge is 2.52. The summed E-state index contributed by atoms with van der Waals surface area (Å²) < 4.78 is 80.9. The molecular weight excluding hydrogens is 574 g/mol. The summed E-state index contributed by atoms with van der Waals surface area (Å²) in [5, 5.41) is 3.17. The van der Waals surface area contributed by atoms with Gasteiger partial charge in [-0.05, 0) is 76.0 Å². The number of alkyl halides is 6. The first kappa shape index (κ1) is 32.7. The zero-order chi connectivity index (χ0) is 30.9. The van der Waals surface area contributed by atoms with Crippen molar-refractivity contribution in [2.24, 2.45) is 23.7 Å². The molecule has 0 radical (unpaired) electrons. The second-order valence-electron chi connectivity index (χ2n) is 14.0. The number of urea groups is 1. The third kappa shape index (κ3) is 7.57. The minimum absolute atomic E-state index is 0.0261. The molecule has 43 heavy (non-hydrogen) atoms. The molecule has 0 bridgehead atoms. The molecule has 3 saturated carbocycles. The highest BCUT2D eigenvalue weighted by atomic mass is 19.4. The van der Waals surface area contributed by atoms with Crippen LogP contribution in [0.4, 0.5) is 31.1 Å². The predicted molar refractivity (Wildman–Crippen MR) is 150 cm³/mol. The van der Waals surface area contributed by atoms with Crippen molar-refractivity contribution in [1.82, 2.24) is 20.0 Å². The fourth-order valence-corrected chi connectivity index (χ4v) is 8.90. The highest BCUT2D eigenvalue weighted by molar-refractivity contribution is 5.82. The van der Waals surface area contributed by atoms with Crippen molar-refractivity contribution in [1.29, 1.82) is 0 Å². The lowest BCUT2D eigenvalue weighted by atomic mass is 9.73. The quantitative estimate of drug-likeness (QED) is 0.320. The molecule has 0 aromatic carbocycles. The largest absolute Gasteiger partial charge is 0.391 e. The smallest absolute Gasteiger partial charge is 0.344 e. The molecule has 0 spiro atoms. The Balaban J connectivity index is 1.21. The second-order valence-corrected chi connectivity index (χ2v) is 14.0. The van der Waals surface area contributed by atoms with Crippen LogP contribution in [0.2, 0.25) is 0 Å². The number of fused-ring (bicyclic) bond motifs is 1. The number of likely N-dealkylation sites (N-methyl/N-ethyl adjacent to an activating group) is 1. The van der Waals surface area contributed by atoms with Crippen molar-refractivity contribution in [2.75, 3.05) is 26.7 Å². The van der Waals surface area contributed by atoms with Gasteiger partial charge in [0.05, 0.1) is 30.0 Å². The van der Waals surface area contributed by atoms with E-state index in [0.717, 1.165) is 70.6 Å². The first-order chi connectivity index (χ1) is 20.3. The molecule has 5 unspecified atom stereocenters. The van der Waals surface area contributed by atoms with Gasteiger partial charge in [0.2, 0.25) is 5.91 Å². The van der Waals surface area contributed by atoms with Gasteiger partial charge in [0.25, 0.3) is 0 Å². The molecular formula is C31H48F6N4O2. The van der Waals surface area contributed by atoms with Gasteiger partial charge in [-0.3, -0.25) is 9.69 Å². The van der Waals surface area contributed by atoms with Crippen LogP contribution in [0.3, 0.4) is 0 Å². The molecule has 5 aliphatic rings. The van der Waals surface area contributed by atoms with Gasteiger partial charge in [-0.1, -0.05) is 32.1 Å². The first-order valence-electron chi connectivity index (χ1n) is 16.5. The minimum Gasteiger partial charge on any atom is -0.344 e. The van der Waals surface area contributed by atoms with Crippen molar-refractivity contribution in [3.8, 4) is 0 Å². The maximum atomic E-state index is 14.0. The number of hydrogen-bond acceptors (Lipinski definition) is 3. The lowest BCUT2D eigenvalue weighted by Gasteiger charge is -2.45. The summed E-state index contributed by atoms with van der Waals surface area (Å²) in [7, 11) is 1.65. The summed E-state index contributed by atoms with van der Waals surface area (Å²) in [5.74, 6) is -4.56. The minimum atomic E-state index is -4.66. The molecule has 3 amide bonds. The van der Waals surface area contributed by atoms with E-state index < -0.39 is 36.5 Å². The molecule has 2 saturated heterocycles. The maximum Gasteiger partial charge on any atom is 0.391 e. The Kier molecular flexibility index (Phi) is 10.1. The van der Waals surface area contributed by atoms with E-state index in [4.69, 9.17) is 0 Å². The monoisotopic (exact) mass is 622 g/mol. The lowest BCUT2D eigenvalue weighted by Crippen LogP contribution is -2.57. The van der Waals surface area contributed by atoms with Gasteiger partial charge >= 0.3 is 18.4 Å². The van der Waals surface area contributed by atoms with Crippen LogP contribution in [-0.2, 0) is 4.79 Å². The number of halogens is 6. The third-order valence-corrected chi connectivity index (χ3v) is 11.2. The number of piperidine rings is 1. The zero-order valence-corrected chi connectivity index (χ0v) is 25.3. The average Bonchev–Trinajstić information content (AvgIpc) is 3.31. The van der Waals surface area contributed by atoms with Crippen LogP contribution in [0.15, 0.2) is 0 Å². The summed E-state index contributed by atoms with van der Waals surface area (Å²) >= 11 is 0. The number of rotatable bonds is 7. The Bertz CT molecular complexity index is 941. The Morgan fingerprint density at radius 2 is 1.44 bits per heavy atom. The topological polar surface area (TPSA) is 55.9 Å². The number of nitrogens with one attached hydrogen (secondary N) is 1. The molecule has 2 aliphatic heterocycles. The molecule has 0 aromatic heterocycles. The van der Waals surface area contributed by atoms with E-state index in [1.54, 1.807) is 11.9 Å². The van der Waals surface area contributed by atoms with E-state index in [2.05, 4.69) is 15.1 Å². The number of likely N-dealkylation sites (tertiary alicyclic amines) is 1. The lowest BCUT2D eigenvalue weighted by molar-refractivity contribution is -0.229. The van der Waals surface area contributed by atoms with Crippen molar-refractivity contribution >= 4 is 11.9 Å².